The first-order valence-electron chi connectivity index (χ1n) is 5.85. The van der Waals surface area contributed by atoms with Crippen LogP contribution in [-0.4, -0.2) is 62.5 Å². The first kappa shape index (κ1) is 16.1. The van der Waals surface area contributed by atoms with Crippen molar-refractivity contribution in [1.82, 2.24) is 4.90 Å². The van der Waals surface area contributed by atoms with Crippen LogP contribution in [0.5, 0.6) is 0 Å². The third kappa shape index (κ3) is 8.91. The molecule has 0 bridgehead atoms. The summed E-state index contributed by atoms with van der Waals surface area (Å²) in [5.41, 5.74) is 5.46. The van der Waals surface area contributed by atoms with E-state index in [1.54, 1.807) is 7.11 Å². The average molecular weight is 247 g/mol. The van der Waals surface area contributed by atoms with E-state index in [9.17, 15) is 0 Å². The molecular weight excluding hydrogens is 222 g/mol. The third-order valence-corrected chi connectivity index (χ3v) is 2.62. The van der Waals surface area contributed by atoms with Crippen molar-refractivity contribution in [3.05, 3.63) is 0 Å². The van der Waals surface area contributed by atoms with Crippen LogP contribution >= 0.6 is 0 Å². The van der Waals surface area contributed by atoms with Crippen molar-refractivity contribution in [3.63, 3.8) is 0 Å². The van der Waals surface area contributed by atoms with E-state index in [1.165, 1.54) is 0 Å². The van der Waals surface area contributed by atoms with Gasteiger partial charge in [-0.15, -0.1) is 0 Å². The molecule has 0 aliphatic heterocycles. The van der Waals surface area contributed by atoms with Gasteiger partial charge in [-0.3, -0.25) is 0 Å². The molecule has 0 aliphatic carbocycles. The molecule has 0 saturated carbocycles. The van der Waals surface area contributed by atoms with Gasteiger partial charge in [-0.2, -0.15) is 0 Å². The lowest BCUT2D eigenvalue weighted by Crippen LogP contribution is -2.34. The maximum atomic E-state index is 8.47. The lowest BCUT2D eigenvalue weighted by atomic mass is 10.2. The quantitative estimate of drug-likeness (QED) is 0.193. The van der Waals surface area contributed by atoms with Crippen LogP contribution < -0.4 is 5.73 Å². The summed E-state index contributed by atoms with van der Waals surface area (Å²) in [5, 5.41) is 11.4. The minimum Gasteiger partial charge on any atom is -0.409 e. The van der Waals surface area contributed by atoms with Crippen molar-refractivity contribution in [2.24, 2.45) is 10.9 Å². The van der Waals surface area contributed by atoms with Crippen LogP contribution in [0, 0.1) is 0 Å². The van der Waals surface area contributed by atoms with Crippen molar-refractivity contribution in [3.8, 4) is 0 Å². The molecule has 0 spiro atoms. The van der Waals surface area contributed by atoms with Crippen molar-refractivity contribution in [2.75, 3.05) is 40.5 Å². The highest BCUT2D eigenvalue weighted by Crippen LogP contribution is 2.02. The summed E-state index contributed by atoms with van der Waals surface area (Å²) in [6.45, 7) is 4.97. The summed E-state index contributed by atoms with van der Waals surface area (Å²) >= 11 is 0. The SMILES string of the molecule is COCCOCCCN(C)C(C)CC(N)=NO. The van der Waals surface area contributed by atoms with E-state index >= 15 is 0 Å². The predicted molar refractivity (Wildman–Crippen MR) is 67.4 cm³/mol. The van der Waals surface area contributed by atoms with Gasteiger partial charge in [0, 0.05) is 32.7 Å². The van der Waals surface area contributed by atoms with Crippen molar-refractivity contribution in [1.29, 1.82) is 0 Å². The molecule has 3 N–H and O–H groups in total. The normalized spacial score (nSPS) is 14.2. The Labute approximate surface area is 103 Å². The Balaban J connectivity index is 3.53. The van der Waals surface area contributed by atoms with Crippen LogP contribution in [0.3, 0.4) is 0 Å². The molecule has 1 atom stereocenters. The number of hydrogen-bond donors (Lipinski definition) is 2. The summed E-state index contributed by atoms with van der Waals surface area (Å²) in [6, 6.07) is 0.255. The molecule has 102 valence electrons. The highest BCUT2D eigenvalue weighted by molar-refractivity contribution is 5.80. The molecule has 0 heterocycles. The van der Waals surface area contributed by atoms with Gasteiger partial charge in [-0.25, -0.2) is 0 Å². The Morgan fingerprint density at radius 3 is 2.71 bits per heavy atom. The highest BCUT2D eigenvalue weighted by Gasteiger charge is 2.10. The van der Waals surface area contributed by atoms with E-state index in [1.807, 2.05) is 14.0 Å². The van der Waals surface area contributed by atoms with Gasteiger partial charge in [0.25, 0.3) is 0 Å². The van der Waals surface area contributed by atoms with E-state index in [0.717, 1.165) is 19.6 Å². The minimum atomic E-state index is 0.255. The summed E-state index contributed by atoms with van der Waals surface area (Å²) in [4.78, 5) is 2.16. The molecule has 1 unspecified atom stereocenters. The van der Waals surface area contributed by atoms with Crippen LogP contribution in [0.4, 0.5) is 0 Å². The van der Waals surface area contributed by atoms with Crippen molar-refractivity contribution >= 4 is 5.84 Å². The number of ether oxygens (including phenoxy) is 2. The molecule has 6 heteroatoms. The van der Waals surface area contributed by atoms with Crippen LogP contribution in [-0.2, 0) is 9.47 Å². The molecule has 0 amide bonds. The fourth-order valence-electron chi connectivity index (χ4n) is 1.38. The smallest absolute Gasteiger partial charge is 0.140 e. The lowest BCUT2D eigenvalue weighted by molar-refractivity contribution is 0.0649. The number of methoxy groups -OCH3 is 1. The molecule has 0 saturated heterocycles. The summed E-state index contributed by atoms with van der Waals surface area (Å²) in [7, 11) is 3.68. The van der Waals surface area contributed by atoms with E-state index in [2.05, 4.69) is 10.1 Å². The molecule has 0 aromatic carbocycles. The van der Waals surface area contributed by atoms with Gasteiger partial charge in [0.2, 0.25) is 0 Å². The van der Waals surface area contributed by atoms with Gasteiger partial charge < -0.3 is 25.3 Å². The fourth-order valence-corrected chi connectivity index (χ4v) is 1.38. The Morgan fingerprint density at radius 2 is 2.12 bits per heavy atom. The first-order valence-corrected chi connectivity index (χ1v) is 5.85. The highest BCUT2D eigenvalue weighted by atomic mass is 16.5. The van der Waals surface area contributed by atoms with Gasteiger partial charge in [-0.1, -0.05) is 5.16 Å². The number of hydrogen-bond acceptors (Lipinski definition) is 5. The number of nitrogens with zero attached hydrogens (tertiary/aromatic N) is 2. The fraction of sp³-hybridized carbons (Fsp3) is 0.909. The largest absolute Gasteiger partial charge is 0.409 e. The predicted octanol–water partition coefficient (Wildman–Crippen LogP) is 0.496. The van der Waals surface area contributed by atoms with Crippen LogP contribution in [0.15, 0.2) is 5.16 Å². The Hall–Kier alpha value is -0.850. The Bertz CT molecular complexity index is 212. The zero-order valence-corrected chi connectivity index (χ0v) is 11.1. The van der Waals surface area contributed by atoms with E-state index < -0.39 is 0 Å². The van der Waals surface area contributed by atoms with E-state index in [4.69, 9.17) is 20.4 Å². The third-order valence-electron chi connectivity index (χ3n) is 2.62. The van der Waals surface area contributed by atoms with E-state index in [-0.39, 0.29) is 11.9 Å². The minimum absolute atomic E-state index is 0.255. The Kier molecular flexibility index (Phi) is 9.80. The van der Waals surface area contributed by atoms with Crippen molar-refractivity contribution < 1.29 is 14.7 Å². The number of nitrogens with two attached hydrogens (primary N) is 1. The van der Waals surface area contributed by atoms with Crippen LogP contribution in [0.2, 0.25) is 0 Å². The maximum Gasteiger partial charge on any atom is 0.140 e. The van der Waals surface area contributed by atoms with Crippen LogP contribution in [0.25, 0.3) is 0 Å². The molecule has 6 nitrogen and oxygen atoms in total. The monoisotopic (exact) mass is 247 g/mol. The topological polar surface area (TPSA) is 80.3 Å². The maximum absolute atomic E-state index is 8.47. The molecule has 17 heavy (non-hydrogen) atoms. The van der Waals surface area contributed by atoms with Crippen LogP contribution in [0.1, 0.15) is 19.8 Å². The van der Waals surface area contributed by atoms with Gasteiger partial charge in [-0.05, 0) is 20.4 Å². The molecule has 0 radical (unpaired) electrons. The van der Waals surface area contributed by atoms with Crippen molar-refractivity contribution in [2.45, 2.75) is 25.8 Å². The zero-order chi connectivity index (χ0) is 13.1. The number of rotatable bonds is 10. The molecule has 0 aliphatic rings. The standard InChI is InChI=1S/C11H25N3O3/c1-10(9-11(12)13-15)14(2)5-4-6-17-8-7-16-3/h10,15H,4-9H2,1-3H3,(H2,12,13). The number of amidine groups is 1. The summed E-state index contributed by atoms with van der Waals surface area (Å²) in [6.07, 6.45) is 1.53. The second-order valence-electron chi connectivity index (χ2n) is 4.08. The van der Waals surface area contributed by atoms with Gasteiger partial charge in [0.15, 0.2) is 0 Å². The van der Waals surface area contributed by atoms with Gasteiger partial charge >= 0.3 is 0 Å². The second kappa shape index (κ2) is 10.3. The Morgan fingerprint density at radius 1 is 1.41 bits per heavy atom. The van der Waals surface area contributed by atoms with Gasteiger partial charge in [0.05, 0.1) is 13.2 Å². The second-order valence-corrected chi connectivity index (χ2v) is 4.08. The lowest BCUT2D eigenvalue weighted by Gasteiger charge is -2.24. The molecule has 0 aromatic heterocycles. The molecule has 0 aromatic rings. The number of oxime groups is 1. The average Bonchev–Trinajstić information content (AvgIpc) is 2.32. The molecule has 0 fully saturated rings. The summed E-state index contributed by atoms with van der Waals surface area (Å²) < 4.78 is 10.2. The molecular formula is C11H25N3O3. The zero-order valence-electron chi connectivity index (χ0n) is 11.1. The molecule has 0 rings (SSSR count). The van der Waals surface area contributed by atoms with E-state index in [0.29, 0.717) is 19.6 Å². The summed E-state index contributed by atoms with van der Waals surface area (Å²) in [5.74, 6) is 0.265. The van der Waals surface area contributed by atoms with Gasteiger partial charge in [0.1, 0.15) is 5.84 Å². The first-order chi connectivity index (χ1) is 8.11.